The molecular formula is C20H19FN6O. The number of halogens is 1. The van der Waals surface area contributed by atoms with E-state index in [9.17, 15) is 9.18 Å². The molecule has 8 heteroatoms. The quantitative estimate of drug-likeness (QED) is 0.752. The number of hydrogen-bond acceptors (Lipinski definition) is 6. The number of nitrogens with zero attached hydrogens (tertiary/aromatic N) is 5. The van der Waals surface area contributed by atoms with Crippen molar-refractivity contribution in [2.75, 3.05) is 41.3 Å². The van der Waals surface area contributed by atoms with Crippen LogP contribution in [-0.2, 0) is 0 Å². The third-order valence-corrected chi connectivity index (χ3v) is 4.57. The van der Waals surface area contributed by atoms with Gasteiger partial charge in [-0.3, -0.25) is 4.79 Å². The van der Waals surface area contributed by atoms with Crippen LogP contribution in [0.3, 0.4) is 0 Å². The lowest BCUT2D eigenvalue weighted by molar-refractivity contribution is 0.102. The molecule has 1 saturated heterocycles. The van der Waals surface area contributed by atoms with E-state index in [2.05, 4.69) is 30.1 Å². The number of aromatic nitrogens is 3. The van der Waals surface area contributed by atoms with Crippen molar-refractivity contribution in [3.8, 4) is 0 Å². The molecule has 2 aromatic heterocycles. The summed E-state index contributed by atoms with van der Waals surface area (Å²) in [7, 11) is 0. The monoisotopic (exact) mass is 378 g/mol. The standard InChI is InChI=1S/C20H19FN6O/c21-16-4-1-2-5-17(16)25-19(28)15-6-7-18(24-14-15)26-10-12-27(13-11-26)20-22-8-3-9-23-20/h1-9,14H,10-13H2,(H,25,28). The van der Waals surface area contributed by atoms with Crippen LogP contribution in [0.5, 0.6) is 0 Å². The van der Waals surface area contributed by atoms with Crippen molar-refractivity contribution < 1.29 is 9.18 Å². The van der Waals surface area contributed by atoms with Crippen LogP contribution in [-0.4, -0.2) is 47.0 Å². The highest BCUT2D eigenvalue weighted by molar-refractivity contribution is 6.04. The van der Waals surface area contributed by atoms with Gasteiger partial charge in [0.05, 0.1) is 11.3 Å². The summed E-state index contributed by atoms with van der Waals surface area (Å²) in [6.45, 7) is 3.15. The van der Waals surface area contributed by atoms with Crippen LogP contribution in [0, 0.1) is 5.82 Å². The highest BCUT2D eigenvalue weighted by Crippen LogP contribution is 2.18. The van der Waals surface area contributed by atoms with Crippen LogP contribution in [0.2, 0.25) is 0 Å². The largest absolute Gasteiger partial charge is 0.353 e. The number of pyridine rings is 1. The van der Waals surface area contributed by atoms with Gasteiger partial charge in [-0.05, 0) is 30.3 Å². The summed E-state index contributed by atoms with van der Waals surface area (Å²) in [6, 6.07) is 11.4. The number of anilines is 3. The van der Waals surface area contributed by atoms with Gasteiger partial charge in [-0.2, -0.15) is 0 Å². The Morgan fingerprint density at radius 2 is 1.61 bits per heavy atom. The predicted octanol–water partition coefficient (Wildman–Crippen LogP) is 2.59. The highest BCUT2D eigenvalue weighted by atomic mass is 19.1. The van der Waals surface area contributed by atoms with Gasteiger partial charge >= 0.3 is 0 Å². The maximum Gasteiger partial charge on any atom is 0.257 e. The second-order valence-corrected chi connectivity index (χ2v) is 6.36. The molecule has 1 aliphatic rings. The zero-order chi connectivity index (χ0) is 19.3. The van der Waals surface area contributed by atoms with Crippen LogP contribution in [0.1, 0.15) is 10.4 Å². The molecule has 3 aromatic rings. The van der Waals surface area contributed by atoms with Gasteiger partial charge in [0.25, 0.3) is 5.91 Å². The number of rotatable bonds is 4. The Morgan fingerprint density at radius 1 is 0.893 bits per heavy atom. The Balaban J connectivity index is 1.37. The lowest BCUT2D eigenvalue weighted by Gasteiger charge is -2.35. The van der Waals surface area contributed by atoms with E-state index in [0.717, 1.165) is 37.9 Å². The molecule has 1 fully saturated rings. The molecule has 0 saturated carbocycles. The van der Waals surface area contributed by atoms with E-state index in [4.69, 9.17) is 0 Å². The van der Waals surface area contributed by atoms with Crippen LogP contribution < -0.4 is 15.1 Å². The Bertz CT molecular complexity index is 942. The Hall–Kier alpha value is -3.55. The number of carbonyl (C=O) groups is 1. The van der Waals surface area contributed by atoms with E-state index in [1.807, 2.05) is 6.07 Å². The van der Waals surface area contributed by atoms with Crippen molar-refractivity contribution in [3.05, 3.63) is 72.4 Å². The first kappa shape index (κ1) is 17.8. The number of hydrogen-bond donors (Lipinski definition) is 1. The molecule has 0 atom stereocenters. The fourth-order valence-corrected chi connectivity index (χ4v) is 3.05. The van der Waals surface area contributed by atoms with Gasteiger partial charge in [-0.1, -0.05) is 12.1 Å². The summed E-state index contributed by atoms with van der Waals surface area (Å²) < 4.78 is 13.7. The Labute approximate surface area is 161 Å². The summed E-state index contributed by atoms with van der Waals surface area (Å²) in [5.74, 6) is 0.669. The third kappa shape index (κ3) is 3.90. The molecule has 1 aliphatic heterocycles. The number of amides is 1. The highest BCUT2D eigenvalue weighted by Gasteiger charge is 2.20. The minimum atomic E-state index is -0.472. The summed E-state index contributed by atoms with van der Waals surface area (Å²) in [4.78, 5) is 29.6. The molecule has 3 heterocycles. The molecule has 28 heavy (non-hydrogen) atoms. The molecule has 0 aliphatic carbocycles. The lowest BCUT2D eigenvalue weighted by Crippen LogP contribution is -2.47. The van der Waals surface area contributed by atoms with Crippen LogP contribution >= 0.6 is 0 Å². The third-order valence-electron chi connectivity index (χ3n) is 4.57. The molecule has 142 valence electrons. The van der Waals surface area contributed by atoms with E-state index >= 15 is 0 Å². The van der Waals surface area contributed by atoms with Gasteiger partial charge in [0, 0.05) is 44.8 Å². The minimum absolute atomic E-state index is 0.149. The predicted molar refractivity (Wildman–Crippen MR) is 105 cm³/mol. The van der Waals surface area contributed by atoms with Crippen molar-refractivity contribution in [2.45, 2.75) is 0 Å². The number of piperazine rings is 1. The smallest absolute Gasteiger partial charge is 0.257 e. The normalized spacial score (nSPS) is 14.0. The van der Waals surface area contributed by atoms with Crippen molar-refractivity contribution in [2.24, 2.45) is 0 Å². The van der Waals surface area contributed by atoms with Gasteiger partial charge in [0.15, 0.2) is 0 Å². The second kappa shape index (κ2) is 7.99. The number of nitrogens with one attached hydrogen (secondary N) is 1. The van der Waals surface area contributed by atoms with Gasteiger partial charge in [0.1, 0.15) is 11.6 Å². The van der Waals surface area contributed by atoms with Crippen molar-refractivity contribution >= 4 is 23.4 Å². The Morgan fingerprint density at radius 3 is 2.29 bits per heavy atom. The van der Waals surface area contributed by atoms with Crippen LogP contribution in [0.4, 0.5) is 21.8 Å². The van der Waals surface area contributed by atoms with Gasteiger partial charge in [-0.25, -0.2) is 19.3 Å². The number of benzene rings is 1. The summed E-state index contributed by atoms with van der Waals surface area (Å²) in [5, 5.41) is 2.56. The lowest BCUT2D eigenvalue weighted by atomic mass is 10.2. The van der Waals surface area contributed by atoms with Gasteiger partial charge in [0.2, 0.25) is 5.95 Å². The van der Waals surface area contributed by atoms with Crippen LogP contribution in [0.15, 0.2) is 61.1 Å². The van der Waals surface area contributed by atoms with E-state index < -0.39 is 11.7 Å². The zero-order valence-electron chi connectivity index (χ0n) is 15.1. The molecule has 1 amide bonds. The molecule has 1 aromatic carbocycles. The first-order valence-corrected chi connectivity index (χ1v) is 8.99. The molecule has 0 unspecified atom stereocenters. The van der Waals surface area contributed by atoms with Gasteiger partial charge < -0.3 is 15.1 Å². The number of carbonyl (C=O) groups excluding carboxylic acids is 1. The van der Waals surface area contributed by atoms with Crippen molar-refractivity contribution in [1.29, 1.82) is 0 Å². The fourth-order valence-electron chi connectivity index (χ4n) is 3.05. The minimum Gasteiger partial charge on any atom is -0.353 e. The number of para-hydroxylation sites is 1. The van der Waals surface area contributed by atoms with E-state index in [1.165, 1.54) is 18.3 Å². The molecule has 0 bridgehead atoms. The molecular weight excluding hydrogens is 359 g/mol. The summed E-state index contributed by atoms with van der Waals surface area (Å²) >= 11 is 0. The SMILES string of the molecule is O=C(Nc1ccccc1F)c1ccc(N2CCN(c3ncccn3)CC2)nc1. The van der Waals surface area contributed by atoms with Crippen molar-refractivity contribution in [1.82, 2.24) is 15.0 Å². The molecule has 0 radical (unpaired) electrons. The molecule has 1 N–H and O–H groups in total. The fraction of sp³-hybridized carbons (Fsp3) is 0.200. The molecule has 4 rings (SSSR count). The topological polar surface area (TPSA) is 74.2 Å². The maximum absolute atomic E-state index is 13.7. The average molecular weight is 378 g/mol. The molecule has 7 nitrogen and oxygen atoms in total. The van der Waals surface area contributed by atoms with Gasteiger partial charge in [-0.15, -0.1) is 0 Å². The van der Waals surface area contributed by atoms with Crippen molar-refractivity contribution in [3.63, 3.8) is 0 Å². The zero-order valence-corrected chi connectivity index (χ0v) is 15.1. The van der Waals surface area contributed by atoms with E-state index in [1.54, 1.807) is 36.7 Å². The average Bonchev–Trinajstić information content (AvgIpc) is 2.76. The van der Waals surface area contributed by atoms with E-state index in [0.29, 0.717) is 5.56 Å². The Kier molecular flexibility index (Phi) is 5.09. The first-order chi connectivity index (χ1) is 13.7. The summed E-state index contributed by atoms with van der Waals surface area (Å²) in [6.07, 6.45) is 4.99. The summed E-state index contributed by atoms with van der Waals surface area (Å²) in [5.41, 5.74) is 0.527. The maximum atomic E-state index is 13.7. The van der Waals surface area contributed by atoms with E-state index in [-0.39, 0.29) is 5.69 Å². The van der Waals surface area contributed by atoms with Crippen LogP contribution in [0.25, 0.3) is 0 Å². The molecule has 0 spiro atoms. The first-order valence-electron chi connectivity index (χ1n) is 8.99. The second-order valence-electron chi connectivity index (χ2n) is 6.36.